The van der Waals surface area contributed by atoms with Crippen LogP contribution in [0.3, 0.4) is 0 Å². The summed E-state index contributed by atoms with van der Waals surface area (Å²) in [6.45, 7) is 0. The molecule has 4 rings (SSSR count). The van der Waals surface area contributed by atoms with Crippen molar-refractivity contribution in [2.45, 2.75) is 0 Å². The fourth-order valence-corrected chi connectivity index (χ4v) is 3.54. The molecule has 0 fully saturated rings. The molecule has 26 heavy (non-hydrogen) atoms. The van der Waals surface area contributed by atoms with E-state index in [1.165, 1.54) is 6.07 Å². The highest BCUT2D eigenvalue weighted by atomic mass is 19.1. The lowest BCUT2D eigenvalue weighted by molar-refractivity contribution is 0.628. The Kier molecular flexibility index (Phi) is 3.76. The van der Waals surface area contributed by atoms with E-state index in [-0.39, 0.29) is 5.82 Å². The summed E-state index contributed by atoms with van der Waals surface area (Å²) in [6, 6.07) is 18.6. The highest BCUT2D eigenvalue weighted by Gasteiger charge is 2.18. The van der Waals surface area contributed by atoms with Gasteiger partial charge >= 0.3 is 0 Å². The van der Waals surface area contributed by atoms with Gasteiger partial charge in [-0.1, -0.05) is 24.3 Å². The predicted molar refractivity (Wildman–Crippen MR) is 105 cm³/mol. The van der Waals surface area contributed by atoms with Crippen molar-refractivity contribution in [1.29, 1.82) is 5.41 Å². The minimum absolute atomic E-state index is 0.251. The fraction of sp³-hybridized carbons (Fsp3) is 0.136. The van der Waals surface area contributed by atoms with Crippen LogP contribution in [-0.4, -0.2) is 18.7 Å². The number of hydrogen-bond donors (Lipinski definition) is 1. The van der Waals surface area contributed by atoms with Crippen molar-refractivity contribution in [3.05, 3.63) is 71.8 Å². The van der Waals surface area contributed by atoms with Crippen LogP contribution in [0.4, 0.5) is 10.1 Å². The third kappa shape index (κ3) is 2.54. The van der Waals surface area contributed by atoms with Gasteiger partial charge in [-0.25, -0.2) is 4.39 Å². The van der Waals surface area contributed by atoms with Crippen LogP contribution < -0.4 is 10.3 Å². The molecule has 0 atom stereocenters. The molecule has 2 aromatic carbocycles. The summed E-state index contributed by atoms with van der Waals surface area (Å²) in [5, 5.41) is 9.54. The maximum atomic E-state index is 13.9. The number of halogens is 1. The van der Waals surface area contributed by atoms with E-state index in [0.717, 1.165) is 39.0 Å². The highest BCUT2D eigenvalue weighted by molar-refractivity contribution is 6.04. The summed E-state index contributed by atoms with van der Waals surface area (Å²) < 4.78 is 16.0. The van der Waals surface area contributed by atoms with Crippen LogP contribution in [0.25, 0.3) is 33.3 Å². The molecule has 1 heterocycles. The zero-order valence-corrected chi connectivity index (χ0v) is 15.0. The van der Waals surface area contributed by atoms with Gasteiger partial charge < -0.3 is 14.9 Å². The van der Waals surface area contributed by atoms with Crippen molar-refractivity contribution in [3.63, 3.8) is 0 Å². The molecule has 0 bridgehead atoms. The molecule has 2 aliphatic rings. The summed E-state index contributed by atoms with van der Waals surface area (Å²) in [4.78, 5) is 2.06. The summed E-state index contributed by atoms with van der Waals surface area (Å²) in [5.41, 5.74) is 5.96. The quantitative estimate of drug-likeness (QED) is 0.528. The molecule has 0 radical (unpaired) electrons. The van der Waals surface area contributed by atoms with Gasteiger partial charge in [-0.2, -0.15) is 0 Å². The smallest absolute Gasteiger partial charge is 0.123 e. The Bertz CT molecular complexity index is 1160. The molecular weight excluding hydrogens is 325 g/mol. The second kappa shape index (κ2) is 5.99. The van der Waals surface area contributed by atoms with Crippen molar-refractivity contribution in [3.8, 4) is 22.4 Å². The number of anilines is 1. The first-order chi connectivity index (χ1) is 12.5. The van der Waals surface area contributed by atoms with Gasteiger partial charge in [0, 0.05) is 43.3 Å². The Balaban J connectivity index is 2.21. The molecule has 0 aromatic heterocycles. The number of pyridine rings is 1. The second-order valence-corrected chi connectivity index (χ2v) is 6.77. The van der Waals surface area contributed by atoms with Crippen LogP contribution in [0, 0.1) is 11.2 Å². The van der Waals surface area contributed by atoms with E-state index in [2.05, 4.69) is 27.7 Å². The topological polar surface area (TPSA) is 32.0 Å². The van der Waals surface area contributed by atoms with Crippen LogP contribution in [0.5, 0.6) is 0 Å². The first-order valence-corrected chi connectivity index (χ1v) is 8.50. The summed E-state index contributed by atoms with van der Waals surface area (Å²) >= 11 is 0. The first-order valence-electron chi connectivity index (χ1n) is 8.50. The third-order valence-corrected chi connectivity index (χ3v) is 4.87. The SMILES string of the molecule is CN(C)c1ccc2c(-c3cccc(F)c3)c3ccc(=N)cc-3n(C)c2c1. The van der Waals surface area contributed by atoms with E-state index in [1.54, 1.807) is 18.2 Å². The highest BCUT2D eigenvalue weighted by Crippen LogP contribution is 2.40. The molecule has 1 N–H and O–H groups in total. The Labute approximate surface area is 151 Å². The Morgan fingerprint density at radius 1 is 0.962 bits per heavy atom. The maximum absolute atomic E-state index is 13.9. The zero-order valence-electron chi connectivity index (χ0n) is 15.0. The van der Waals surface area contributed by atoms with Crippen molar-refractivity contribution in [2.24, 2.45) is 7.05 Å². The lowest BCUT2D eigenvalue weighted by Crippen LogP contribution is -2.11. The average Bonchev–Trinajstić information content (AvgIpc) is 2.62. The van der Waals surface area contributed by atoms with Gasteiger partial charge in [0.2, 0.25) is 0 Å². The van der Waals surface area contributed by atoms with Crippen molar-refractivity contribution < 1.29 is 4.39 Å². The molecule has 0 saturated carbocycles. The van der Waals surface area contributed by atoms with Crippen LogP contribution in [0.1, 0.15) is 0 Å². The monoisotopic (exact) mass is 345 g/mol. The van der Waals surface area contributed by atoms with E-state index < -0.39 is 0 Å². The molecule has 3 nitrogen and oxygen atoms in total. The number of nitrogens with one attached hydrogen (secondary N) is 1. The number of nitrogens with zero attached hydrogens (tertiary/aromatic N) is 2. The van der Waals surface area contributed by atoms with Crippen molar-refractivity contribution >= 4 is 16.6 Å². The van der Waals surface area contributed by atoms with Gasteiger partial charge in [-0.15, -0.1) is 0 Å². The van der Waals surface area contributed by atoms with E-state index in [4.69, 9.17) is 5.41 Å². The fourth-order valence-electron chi connectivity index (χ4n) is 3.54. The summed E-state index contributed by atoms with van der Waals surface area (Å²) in [6.07, 6.45) is 0. The molecule has 0 amide bonds. The molecule has 130 valence electrons. The van der Waals surface area contributed by atoms with Gasteiger partial charge in [-0.3, -0.25) is 0 Å². The second-order valence-electron chi connectivity index (χ2n) is 6.77. The lowest BCUT2D eigenvalue weighted by atomic mass is 9.91. The summed E-state index contributed by atoms with van der Waals surface area (Å²) in [7, 11) is 6.04. The normalized spacial score (nSPS) is 11.2. The van der Waals surface area contributed by atoms with E-state index in [1.807, 2.05) is 39.3 Å². The zero-order chi connectivity index (χ0) is 18.4. The maximum Gasteiger partial charge on any atom is 0.123 e. The molecular formula is C22H20FN3. The third-order valence-electron chi connectivity index (χ3n) is 4.87. The van der Waals surface area contributed by atoms with Gasteiger partial charge in [0.1, 0.15) is 5.82 Å². The van der Waals surface area contributed by atoms with Crippen LogP contribution in [0.2, 0.25) is 0 Å². The Morgan fingerprint density at radius 2 is 1.77 bits per heavy atom. The van der Waals surface area contributed by atoms with Crippen molar-refractivity contribution in [1.82, 2.24) is 4.57 Å². The van der Waals surface area contributed by atoms with Crippen LogP contribution >= 0.6 is 0 Å². The average molecular weight is 345 g/mol. The Morgan fingerprint density at radius 3 is 2.50 bits per heavy atom. The molecule has 0 spiro atoms. The molecule has 1 aliphatic carbocycles. The summed E-state index contributed by atoms with van der Waals surface area (Å²) in [5.74, 6) is -0.251. The van der Waals surface area contributed by atoms with E-state index in [9.17, 15) is 4.39 Å². The molecule has 0 unspecified atom stereocenters. The molecule has 1 aliphatic heterocycles. The number of fused-ring (bicyclic) bond motifs is 2. The van der Waals surface area contributed by atoms with Crippen LogP contribution in [-0.2, 0) is 7.05 Å². The minimum atomic E-state index is -0.251. The van der Waals surface area contributed by atoms with Crippen LogP contribution in [0.15, 0.2) is 60.7 Å². The van der Waals surface area contributed by atoms with Gasteiger partial charge in [0.05, 0.1) is 16.6 Å². The largest absolute Gasteiger partial charge is 0.378 e. The number of hydrogen-bond acceptors (Lipinski definition) is 2. The van der Waals surface area contributed by atoms with E-state index in [0.29, 0.717) is 5.36 Å². The number of aryl methyl sites for hydroxylation is 1. The number of benzene rings is 3. The van der Waals surface area contributed by atoms with Gasteiger partial charge in [0.15, 0.2) is 0 Å². The first kappa shape index (κ1) is 16.3. The van der Waals surface area contributed by atoms with E-state index >= 15 is 0 Å². The minimum Gasteiger partial charge on any atom is -0.378 e. The molecule has 2 aromatic rings. The number of aromatic nitrogens is 1. The number of rotatable bonds is 2. The molecule has 0 saturated heterocycles. The predicted octanol–water partition coefficient (Wildman–Crippen LogP) is 4.63. The van der Waals surface area contributed by atoms with Crippen molar-refractivity contribution in [2.75, 3.05) is 19.0 Å². The standard InChI is InChI=1S/C22H20FN3/c1-25(2)17-8-10-19-21(13-17)26(3)20-12-16(24)7-9-18(20)22(19)14-5-4-6-15(23)11-14/h4-13,24H,1-3H3. The molecule has 4 heteroatoms. The van der Waals surface area contributed by atoms with Gasteiger partial charge in [-0.05, 0) is 42.0 Å². The Hall–Kier alpha value is -3.14. The van der Waals surface area contributed by atoms with Gasteiger partial charge in [0.25, 0.3) is 0 Å². The lowest BCUT2D eigenvalue weighted by Gasteiger charge is -2.23.